The van der Waals surface area contributed by atoms with Gasteiger partial charge >= 0.3 is 0 Å². The standard InChI is InChI=1S/C23H23N3O7S/c1-4-33-19-9-6-17(7-10-19)25-34(30,31)22-14-18(8-12-21(22)32-3)24-23(27)16-5-11-20(26(28)29)15(2)13-16/h5-14,25H,4H2,1-3H3,(H,24,27). The van der Waals surface area contributed by atoms with Crippen LogP contribution in [0.15, 0.2) is 65.6 Å². The highest BCUT2D eigenvalue weighted by molar-refractivity contribution is 7.92. The highest BCUT2D eigenvalue weighted by Gasteiger charge is 2.22. The molecule has 0 aliphatic rings. The van der Waals surface area contributed by atoms with Gasteiger partial charge in [0.15, 0.2) is 0 Å². The van der Waals surface area contributed by atoms with Crippen LogP contribution >= 0.6 is 0 Å². The molecule has 2 N–H and O–H groups in total. The average molecular weight is 486 g/mol. The van der Waals surface area contributed by atoms with Crippen LogP contribution in [0.25, 0.3) is 0 Å². The Kier molecular flexibility index (Phi) is 7.37. The second kappa shape index (κ2) is 10.2. The molecule has 3 aromatic rings. The number of nitro groups is 1. The maximum absolute atomic E-state index is 13.0. The Bertz CT molecular complexity index is 1320. The number of carbonyl (C=O) groups is 1. The summed E-state index contributed by atoms with van der Waals surface area (Å²) in [5, 5.41) is 13.6. The summed E-state index contributed by atoms with van der Waals surface area (Å²) in [5.74, 6) is 0.141. The molecular weight excluding hydrogens is 462 g/mol. The van der Waals surface area contributed by atoms with Crippen molar-refractivity contribution in [3.8, 4) is 11.5 Å². The summed E-state index contributed by atoms with van der Waals surface area (Å²) in [6.45, 7) is 3.86. The molecule has 0 bridgehead atoms. The number of rotatable bonds is 9. The predicted molar refractivity (Wildman–Crippen MR) is 127 cm³/mol. The molecule has 0 aliphatic heterocycles. The van der Waals surface area contributed by atoms with Gasteiger partial charge in [-0.3, -0.25) is 19.6 Å². The van der Waals surface area contributed by atoms with Crippen LogP contribution in [0.2, 0.25) is 0 Å². The van der Waals surface area contributed by atoms with Crippen molar-refractivity contribution in [2.75, 3.05) is 23.8 Å². The third-order valence-electron chi connectivity index (χ3n) is 4.78. The van der Waals surface area contributed by atoms with Gasteiger partial charge in [-0.05, 0) is 68.4 Å². The van der Waals surface area contributed by atoms with Crippen LogP contribution in [0.3, 0.4) is 0 Å². The van der Waals surface area contributed by atoms with E-state index in [1.807, 2.05) is 6.92 Å². The first-order valence-corrected chi connectivity index (χ1v) is 11.6. The van der Waals surface area contributed by atoms with E-state index in [9.17, 15) is 23.3 Å². The van der Waals surface area contributed by atoms with Gasteiger partial charge in [0.25, 0.3) is 21.6 Å². The number of benzene rings is 3. The number of carbonyl (C=O) groups excluding carboxylic acids is 1. The van der Waals surface area contributed by atoms with Gasteiger partial charge in [0, 0.05) is 28.6 Å². The molecule has 0 aromatic heterocycles. The van der Waals surface area contributed by atoms with Gasteiger partial charge in [0.2, 0.25) is 0 Å². The monoisotopic (exact) mass is 485 g/mol. The maximum atomic E-state index is 13.0. The molecule has 0 atom stereocenters. The summed E-state index contributed by atoms with van der Waals surface area (Å²) in [4.78, 5) is 22.9. The van der Waals surface area contributed by atoms with Gasteiger partial charge in [-0.2, -0.15) is 0 Å². The molecule has 10 nitrogen and oxygen atoms in total. The fraction of sp³-hybridized carbons (Fsp3) is 0.174. The van der Waals surface area contributed by atoms with Crippen molar-refractivity contribution in [1.29, 1.82) is 0 Å². The molecule has 0 saturated carbocycles. The van der Waals surface area contributed by atoms with E-state index >= 15 is 0 Å². The molecule has 3 rings (SSSR count). The van der Waals surface area contributed by atoms with Crippen LogP contribution in [0.1, 0.15) is 22.8 Å². The maximum Gasteiger partial charge on any atom is 0.272 e. The first-order chi connectivity index (χ1) is 16.1. The van der Waals surface area contributed by atoms with Crippen LogP contribution < -0.4 is 19.5 Å². The molecule has 0 aliphatic carbocycles. The Labute approximate surface area is 196 Å². The van der Waals surface area contributed by atoms with Crippen LogP contribution in [0.4, 0.5) is 17.1 Å². The smallest absolute Gasteiger partial charge is 0.272 e. The second-order valence-electron chi connectivity index (χ2n) is 7.14. The van der Waals surface area contributed by atoms with Crippen molar-refractivity contribution in [2.24, 2.45) is 0 Å². The van der Waals surface area contributed by atoms with Crippen LogP contribution in [0.5, 0.6) is 11.5 Å². The first kappa shape index (κ1) is 24.5. The summed E-state index contributed by atoms with van der Waals surface area (Å²) >= 11 is 0. The Morgan fingerprint density at radius 3 is 2.29 bits per heavy atom. The third-order valence-corrected chi connectivity index (χ3v) is 6.19. The van der Waals surface area contributed by atoms with Crippen molar-refractivity contribution < 1.29 is 27.6 Å². The highest BCUT2D eigenvalue weighted by atomic mass is 32.2. The van der Waals surface area contributed by atoms with Gasteiger partial charge in [-0.15, -0.1) is 0 Å². The van der Waals surface area contributed by atoms with Crippen LogP contribution in [0, 0.1) is 17.0 Å². The lowest BCUT2D eigenvalue weighted by Crippen LogP contribution is -2.16. The number of hydrogen-bond acceptors (Lipinski definition) is 7. The van der Waals surface area contributed by atoms with Crippen molar-refractivity contribution in [3.05, 3.63) is 81.9 Å². The minimum absolute atomic E-state index is 0.0858. The number of hydrogen-bond donors (Lipinski definition) is 2. The van der Waals surface area contributed by atoms with E-state index in [2.05, 4.69) is 10.0 Å². The topological polar surface area (TPSA) is 137 Å². The molecule has 0 radical (unpaired) electrons. The highest BCUT2D eigenvalue weighted by Crippen LogP contribution is 2.30. The Morgan fingerprint density at radius 2 is 1.71 bits per heavy atom. The molecule has 0 heterocycles. The minimum atomic E-state index is -4.07. The number of anilines is 2. The number of nitrogens with zero attached hydrogens (tertiary/aromatic N) is 1. The molecule has 34 heavy (non-hydrogen) atoms. The first-order valence-electron chi connectivity index (χ1n) is 10.1. The summed E-state index contributed by atoms with van der Waals surface area (Å²) in [6, 6.07) is 14.6. The van der Waals surface area contributed by atoms with Crippen molar-refractivity contribution >= 4 is 33.0 Å². The number of amides is 1. The Balaban J connectivity index is 1.85. The second-order valence-corrected chi connectivity index (χ2v) is 8.79. The van der Waals surface area contributed by atoms with Crippen LogP contribution in [-0.2, 0) is 10.0 Å². The van der Waals surface area contributed by atoms with Gasteiger partial charge in [-0.1, -0.05) is 0 Å². The zero-order valence-electron chi connectivity index (χ0n) is 18.7. The zero-order chi connectivity index (χ0) is 24.9. The number of nitrogens with one attached hydrogen (secondary N) is 2. The van der Waals surface area contributed by atoms with Gasteiger partial charge in [0.1, 0.15) is 16.4 Å². The number of nitro benzene ring substituents is 1. The molecule has 0 saturated heterocycles. The zero-order valence-corrected chi connectivity index (χ0v) is 19.5. The van der Waals surface area contributed by atoms with E-state index in [0.29, 0.717) is 23.6 Å². The summed E-state index contributed by atoms with van der Waals surface area (Å²) in [7, 11) is -2.73. The molecule has 11 heteroatoms. The van der Waals surface area contributed by atoms with E-state index < -0.39 is 20.9 Å². The minimum Gasteiger partial charge on any atom is -0.495 e. The lowest BCUT2D eigenvalue weighted by molar-refractivity contribution is -0.385. The number of ether oxygens (including phenoxy) is 2. The molecule has 3 aromatic carbocycles. The predicted octanol–water partition coefficient (Wildman–Crippen LogP) is 4.36. The summed E-state index contributed by atoms with van der Waals surface area (Å²) < 4.78 is 39.1. The molecular formula is C23H23N3O7S. The summed E-state index contributed by atoms with van der Waals surface area (Å²) in [5.41, 5.74) is 0.941. The number of aryl methyl sites for hydroxylation is 1. The van der Waals surface area contributed by atoms with Crippen molar-refractivity contribution in [2.45, 2.75) is 18.7 Å². The van der Waals surface area contributed by atoms with Crippen molar-refractivity contribution in [1.82, 2.24) is 0 Å². The summed E-state index contributed by atoms with van der Waals surface area (Å²) in [6.07, 6.45) is 0. The largest absolute Gasteiger partial charge is 0.495 e. The lowest BCUT2D eigenvalue weighted by atomic mass is 10.1. The van der Waals surface area contributed by atoms with Gasteiger partial charge in [0.05, 0.1) is 18.6 Å². The molecule has 178 valence electrons. The van der Waals surface area contributed by atoms with Gasteiger partial charge in [-0.25, -0.2) is 8.42 Å². The van der Waals surface area contributed by atoms with Crippen molar-refractivity contribution in [3.63, 3.8) is 0 Å². The third kappa shape index (κ3) is 5.62. The van der Waals surface area contributed by atoms with E-state index in [4.69, 9.17) is 9.47 Å². The Hall–Kier alpha value is -4.12. The van der Waals surface area contributed by atoms with E-state index in [1.165, 1.54) is 50.4 Å². The fourth-order valence-electron chi connectivity index (χ4n) is 3.17. The lowest BCUT2D eigenvalue weighted by Gasteiger charge is -2.14. The molecule has 1 amide bonds. The Morgan fingerprint density at radius 1 is 1.03 bits per heavy atom. The fourth-order valence-corrected chi connectivity index (χ4v) is 4.42. The van der Waals surface area contributed by atoms with Gasteiger partial charge < -0.3 is 14.8 Å². The number of methoxy groups -OCH3 is 1. The van der Waals surface area contributed by atoms with E-state index in [0.717, 1.165) is 0 Å². The van der Waals surface area contributed by atoms with Crippen LogP contribution in [-0.4, -0.2) is 33.0 Å². The quantitative estimate of drug-likeness (QED) is 0.339. The molecule has 0 fully saturated rings. The molecule has 0 unspecified atom stereocenters. The average Bonchev–Trinajstić information content (AvgIpc) is 2.80. The molecule has 0 spiro atoms. The SMILES string of the molecule is CCOc1ccc(NS(=O)(=O)c2cc(NC(=O)c3ccc([N+](=O)[O-])c(C)c3)ccc2OC)cc1. The van der Waals surface area contributed by atoms with E-state index in [-0.39, 0.29) is 27.6 Å². The normalized spacial score (nSPS) is 10.9. The number of sulfonamides is 1. The van der Waals surface area contributed by atoms with E-state index in [1.54, 1.807) is 24.3 Å².